The lowest BCUT2D eigenvalue weighted by Crippen LogP contribution is -3.15. The van der Waals surface area contributed by atoms with Crippen molar-refractivity contribution in [3.05, 3.63) is 48.0 Å². The fraction of sp³-hybridized carbons (Fsp3) is 0.474. The molecule has 0 spiro atoms. The number of rotatable bonds is 2. The summed E-state index contributed by atoms with van der Waals surface area (Å²) < 4.78 is 0. The zero-order chi connectivity index (χ0) is 15.0. The largest absolute Gasteiger partial charge is 0.389 e. The van der Waals surface area contributed by atoms with Gasteiger partial charge in [0.2, 0.25) is 0 Å². The highest BCUT2D eigenvalue weighted by molar-refractivity contribution is 5.85. The van der Waals surface area contributed by atoms with Crippen LogP contribution in [0.4, 0.5) is 0 Å². The molecule has 2 N–H and O–H groups in total. The zero-order valence-electron chi connectivity index (χ0n) is 13.3. The molecule has 0 aromatic heterocycles. The molecule has 0 radical (unpaired) electrons. The molecule has 1 aliphatic heterocycles. The first-order valence-corrected chi connectivity index (χ1v) is 8.01. The van der Waals surface area contributed by atoms with E-state index in [-0.39, 0.29) is 0 Å². The van der Waals surface area contributed by atoms with E-state index in [2.05, 4.69) is 63.4 Å². The smallest absolute Gasteiger partial charge is 0.0872 e. The van der Waals surface area contributed by atoms with Gasteiger partial charge < -0.3 is 10.0 Å². The third kappa shape index (κ3) is 2.70. The van der Waals surface area contributed by atoms with Gasteiger partial charge in [-0.15, -0.1) is 0 Å². The average Bonchev–Trinajstić information content (AvgIpc) is 2.46. The summed E-state index contributed by atoms with van der Waals surface area (Å²) in [4.78, 5) is 1.53. The van der Waals surface area contributed by atoms with Crippen molar-refractivity contribution >= 4 is 10.8 Å². The highest BCUT2D eigenvalue weighted by Gasteiger charge is 2.43. The van der Waals surface area contributed by atoms with Crippen molar-refractivity contribution in [3.8, 4) is 0 Å². The fourth-order valence-corrected chi connectivity index (χ4v) is 3.80. The third-order valence-electron chi connectivity index (χ3n) is 5.42. The van der Waals surface area contributed by atoms with Crippen LogP contribution >= 0.6 is 0 Å². The molecule has 1 unspecified atom stereocenters. The third-order valence-corrected chi connectivity index (χ3v) is 5.42. The van der Waals surface area contributed by atoms with Crippen LogP contribution in [0.1, 0.15) is 25.8 Å². The molecule has 2 aromatic rings. The summed E-state index contributed by atoms with van der Waals surface area (Å²) in [6.07, 6.45) is 1.64. The first-order chi connectivity index (χ1) is 9.99. The van der Waals surface area contributed by atoms with Crippen LogP contribution in [0.5, 0.6) is 0 Å². The van der Waals surface area contributed by atoms with Gasteiger partial charge in [-0.25, -0.2) is 0 Å². The van der Waals surface area contributed by atoms with Crippen LogP contribution in [0, 0.1) is 5.92 Å². The molecule has 4 atom stereocenters. The quantitative estimate of drug-likeness (QED) is 0.867. The molecule has 0 aliphatic carbocycles. The SMILES string of the molecule is C[C@@H]1C[C@@](O)(Cc2cccc3ccccc23)[C@H](C)C[NH+]1C. The summed E-state index contributed by atoms with van der Waals surface area (Å²) in [5.74, 6) is 0.327. The second-order valence-corrected chi connectivity index (χ2v) is 6.98. The number of aliphatic hydroxyl groups is 1. The number of benzene rings is 2. The topological polar surface area (TPSA) is 24.7 Å². The average molecular weight is 284 g/mol. The highest BCUT2D eigenvalue weighted by Crippen LogP contribution is 2.31. The van der Waals surface area contributed by atoms with E-state index in [1.165, 1.54) is 21.2 Å². The molecular weight excluding hydrogens is 258 g/mol. The molecule has 21 heavy (non-hydrogen) atoms. The molecule has 1 heterocycles. The van der Waals surface area contributed by atoms with Crippen molar-refractivity contribution in [2.45, 2.75) is 38.3 Å². The Morgan fingerprint density at radius 3 is 2.67 bits per heavy atom. The molecule has 0 amide bonds. The zero-order valence-corrected chi connectivity index (χ0v) is 13.3. The maximum absolute atomic E-state index is 11.2. The minimum absolute atomic E-state index is 0.327. The monoisotopic (exact) mass is 284 g/mol. The number of quaternary nitrogens is 1. The molecule has 1 fully saturated rings. The first-order valence-electron chi connectivity index (χ1n) is 8.01. The molecule has 2 heteroatoms. The second kappa shape index (κ2) is 5.43. The van der Waals surface area contributed by atoms with E-state index in [1.807, 2.05) is 0 Å². The summed E-state index contributed by atoms with van der Waals surface area (Å²) in [6, 6.07) is 15.4. The van der Waals surface area contributed by atoms with E-state index in [1.54, 1.807) is 0 Å². The van der Waals surface area contributed by atoms with Gasteiger partial charge in [0, 0.05) is 18.8 Å². The Hall–Kier alpha value is -1.38. The molecule has 0 bridgehead atoms. The van der Waals surface area contributed by atoms with Crippen LogP contribution in [-0.4, -0.2) is 30.3 Å². The molecule has 112 valence electrons. The summed E-state index contributed by atoms with van der Waals surface area (Å²) in [6.45, 7) is 5.48. The van der Waals surface area contributed by atoms with Gasteiger partial charge in [-0.05, 0) is 23.3 Å². The van der Waals surface area contributed by atoms with Crippen molar-refractivity contribution in [1.82, 2.24) is 0 Å². The van der Waals surface area contributed by atoms with E-state index in [4.69, 9.17) is 0 Å². The van der Waals surface area contributed by atoms with Crippen molar-refractivity contribution in [3.63, 3.8) is 0 Å². The van der Waals surface area contributed by atoms with E-state index in [9.17, 15) is 5.11 Å². The van der Waals surface area contributed by atoms with Gasteiger partial charge in [0.1, 0.15) is 0 Å². The van der Waals surface area contributed by atoms with Crippen molar-refractivity contribution < 1.29 is 10.0 Å². The van der Waals surface area contributed by atoms with E-state index >= 15 is 0 Å². The number of hydrogen-bond acceptors (Lipinski definition) is 1. The van der Waals surface area contributed by atoms with Crippen LogP contribution in [0.3, 0.4) is 0 Å². The number of fused-ring (bicyclic) bond motifs is 1. The second-order valence-electron chi connectivity index (χ2n) is 6.98. The summed E-state index contributed by atoms with van der Waals surface area (Å²) in [5, 5.41) is 13.8. The lowest BCUT2D eigenvalue weighted by Gasteiger charge is -2.43. The number of hydrogen-bond donors (Lipinski definition) is 2. The van der Waals surface area contributed by atoms with Gasteiger partial charge in [0.15, 0.2) is 0 Å². The first kappa shape index (κ1) is 14.6. The maximum Gasteiger partial charge on any atom is 0.0872 e. The van der Waals surface area contributed by atoms with Crippen LogP contribution in [0.2, 0.25) is 0 Å². The van der Waals surface area contributed by atoms with E-state index in [0.717, 1.165) is 19.4 Å². The van der Waals surface area contributed by atoms with Gasteiger partial charge in [-0.1, -0.05) is 49.4 Å². The van der Waals surface area contributed by atoms with Crippen molar-refractivity contribution in [2.75, 3.05) is 13.6 Å². The fourth-order valence-electron chi connectivity index (χ4n) is 3.80. The van der Waals surface area contributed by atoms with Gasteiger partial charge in [-0.3, -0.25) is 0 Å². The maximum atomic E-state index is 11.2. The highest BCUT2D eigenvalue weighted by atomic mass is 16.3. The number of nitrogens with one attached hydrogen (secondary N) is 1. The Bertz CT molecular complexity index is 633. The van der Waals surface area contributed by atoms with E-state index < -0.39 is 5.60 Å². The minimum atomic E-state index is -0.580. The molecule has 2 aromatic carbocycles. The molecule has 1 saturated heterocycles. The number of likely N-dealkylation sites (tertiary alicyclic amines) is 1. The lowest BCUT2D eigenvalue weighted by atomic mass is 9.75. The lowest BCUT2D eigenvalue weighted by molar-refractivity contribution is -0.916. The molecule has 2 nitrogen and oxygen atoms in total. The predicted molar refractivity (Wildman–Crippen MR) is 87.6 cm³/mol. The van der Waals surface area contributed by atoms with Crippen LogP contribution < -0.4 is 4.90 Å². The Kier molecular flexibility index (Phi) is 3.76. The Balaban J connectivity index is 1.94. The standard InChI is InChI=1S/C19H25NO/c1-14-13-20(3)15(2)11-19(14,21)12-17-9-6-8-16-7-4-5-10-18(16)17/h4-10,14-15,21H,11-13H2,1-3H3/p+1/t14-,15-,19-/m1/s1. The summed E-state index contributed by atoms with van der Waals surface area (Å²) >= 11 is 0. The Labute approximate surface area is 127 Å². The molecule has 1 aliphatic rings. The van der Waals surface area contributed by atoms with Gasteiger partial charge in [0.25, 0.3) is 0 Å². The molecular formula is C19H26NO+. The summed E-state index contributed by atoms with van der Waals surface area (Å²) in [5.41, 5.74) is 0.692. The van der Waals surface area contributed by atoms with Gasteiger partial charge in [-0.2, -0.15) is 0 Å². The minimum Gasteiger partial charge on any atom is -0.389 e. The van der Waals surface area contributed by atoms with E-state index in [0.29, 0.717) is 12.0 Å². The predicted octanol–water partition coefficient (Wildman–Crippen LogP) is 2.06. The van der Waals surface area contributed by atoms with Crippen LogP contribution in [-0.2, 0) is 6.42 Å². The normalized spacial score (nSPS) is 33.2. The van der Waals surface area contributed by atoms with Crippen LogP contribution in [0.25, 0.3) is 10.8 Å². The van der Waals surface area contributed by atoms with Gasteiger partial charge >= 0.3 is 0 Å². The van der Waals surface area contributed by atoms with Crippen molar-refractivity contribution in [1.29, 1.82) is 0 Å². The summed E-state index contributed by atoms with van der Waals surface area (Å²) in [7, 11) is 2.23. The Morgan fingerprint density at radius 2 is 1.86 bits per heavy atom. The molecule has 0 saturated carbocycles. The number of piperidine rings is 1. The van der Waals surface area contributed by atoms with Crippen molar-refractivity contribution in [2.24, 2.45) is 5.92 Å². The Morgan fingerprint density at radius 1 is 1.14 bits per heavy atom. The van der Waals surface area contributed by atoms with Gasteiger partial charge in [0.05, 0.1) is 25.2 Å². The molecule has 3 rings (SSSR count). The van der Waals surface area contributed by atoms with Crippen LogP contribution in [0.15, 0.2) is 42.5 Å².